The molecule has 3 fully saturated rings. The third-order valence-electron chi connectivity index (χ3n) is 4.32. The lowest BCUT2D eigenvalue weighted by Gasteiger charge is -2.43. The molecule has 4 rings (SSSR count). The normalized spacial score (nSPS) is 29.9. The van der Waals surface area contributed by atoms with Gasteiger partial charge in [0.05, 0.1) is 0 Å². The summed E-state index contributed by atoms with van der Waals surface area (Å²) in [6.07, 6.45) is 6.03. The maximum absolute atomic E-state index is 10.5. The molecule has 3 aliphatic carbocycles. The molecule has 0 amide bonds. The molecule has 0 aliphatic heterocycles. The van der Waals surface area contributed by atoms with Crippen molar-refractivity contribution in [2.24, 2.45) is 10.8 Å². The van der Waals surface area contributed by atoms with Gasteiger partial charge in [0.15, 0.2) is 5.78 Å². The number of ketones is 1. The third kappa shape index (κ3) is 3.75. The predicted octanol–water partition coefficient (Wildman–Crippen LogP) is 3.95. The number of hydrogen-bond acceptors (Lipinski definition) is 3. The molecule has 1 aromatic carbocycles. The standard InChI is InChI=1S/C9H10O3.C8H14/c1-7(10)6-12-9-4-2-8(11)3-5-9;1-7-3-4-8(2,5-7)6-7/h2-5,11H,6H2,1H3;3-6H2,1-2H3. The summed E-state index contributed by atoms with van der Waals surface area (Å²) in [6, 6.07) is 6.24. The SMILES string of the molecule is CC(=O)COc1ccc(O)cc1.CC12CCC(C)(C1)C2. The fourth-order valence-electron chi connectivity index (χ4n) is 3.69. The number of phenols is 1. The molecular formula is C17H24O3. The molecule has 110 valence electrons. The summed E-state index contributed by atoms with van der Waals surface area (Å²) in [5, 5.41) is 8.91. The lowest BCUT2D eigenvalue weighted by Crippen LogP contribution is -2.32. The second kappa shape index (κ2) is 5.47. The lowest BCUT2D eigenvalue weighted by atomic mass is 9.62. The van der Waals surface area contributed by atoms with Gasteiger partial charge in [-0.05, 0) is 67.7 Å². The number of carbonyl (C=O) groups is 1. The van der Waals surface area contributed by atoms with Crippen LogP contribution >= 0.6 is 0 Å². The van der Waals surface area contributed by atoms with Gasteiger partial charge in [0.1, 0.15) is 18.1 Å². The third-order valence-corrected chi connectivity index (χ3v) is 4.32. The van der Waals surface area contributed by atoms with E-state index in [1.807, 2.05) is 0 Å². The first kappa shape index (κ1) is 14.9. The van der Waals surface area contributed by atoms with Gasteiger partial charge >= 0.3 is 0 Å². The van der Waals surface area contributed by atoms with E-state index in [0.717, 1.165) is 10.8 Å². The Morgan fingerprint density at radius 1 is 1.15 bits per heavy atom. The molecule has 3 saturated carbocycles. The summed E-state index contributed by atoms with van der Waals surface area (Å²) < 4.78 is 5.06. The second-order valence-corrected chi connectivity index (χ2v) is 6.96. The van der Waals surface area contributed by atoms with Crippen molar-refractivity contribution in [2.45, 2.75) is 46.5 Å². The molecule has 0 unspecified atom stereocenters. The molecule has 0 atom stereocenters. The van der Waals surface area contributed by atoms with Crippen LogP contribution in [0, 0.1) is 10.8 Å². The molecule has 0 heterocycles. The van der Waals surface area contributed by atoms with Crippen LogP contribution in [-0.2, 0) is 4.79 Å². The Hall–Kier alpha value is -1.51. The smallest absolute Gasteiger partial charge is 0.167 e. The van der Waals surface area contributed by atoms with Crippen molar-refractivity contribution in [3.8, 4) is 11.5 Å². The van der Waals surface area contributed by atoms with Crippen molar-refractivity contribution >= 4 is 5.78 Å². The van der Waals surface area contributed by atoms with E-state index in [2.05, 4.69) is 13.8 Å². The summed E-state index contributed by atoms with van der Waals surface area (Å²) in [7, 11) is 0. The van der Waals surface area contributed by atoms with E-state index in [-0.39, 0.29) is 18.1 Å². The minimum absolute atomic E-state index is 0.0249. The van der Waals surface area contributed by atoms with Crippen LogP contribution in [0.2, 0.25) is 0 Å². The van der Waals surface area contributed by atoms with Crippen LogP contribution in [0.3, 0.4) is 0 Å². The second-order valence-electron chi connectivity index (χ2n) is 6.96. The molecular weight excluding hydrogens is 252 g/mol. The quantitative estimate of drug-likeness (QED) is 0.909. The van der Waals surface area contributed by atoms with Gasteiger partial charge in [0, 0.05) is 0 Å². The van der Waals surface area contributed by atoms with Crippen LogP contribution in [0.15, 0.2) is 24.3 Å². The molecule has 0 radical (unpaired) electrons. The molecule has 3 heteroatoms. The van der Waals surface area contributed by atoms with Gasteiger partial charge in [-0.1, -0.05) is 13.8 Å². The van der Waals surface area contributed by atoms with Gasteiger partial charge in [0.25, 0.3) is 0 Å². The van der Waals surface area contributed by atoms with Crippen LogP contribution in [0.5, 0.6) is 11.5 Å². The monoisotopic (exact) mass is 276 g/mol. The minimum Gasteiger partial charge on any atom is -0.508 e. The highest BCUT2D eigenvalue weighted by molar-refractivity contribution is 5.77. The number of ether oxygens (including phenoxy) is 1. The summed E-state index contributed by atoms with van der Waals surface area (Å²) in [4.78, 5) is 10.5. The highest BCUT2D eigenvalue weighted by atomic mass is 16.5. The van der Waals surface area contributed by atoms with Crippen molar-refractivity contribution in [1.82, 2.24) is 0 Å². The number of phenolic OH excluding ortho intramolecular Hbond substituents is 1. The predicted molar refractivity (Wildman–Crippen MR) is 79.0 cm³/mol. The highest BCUT2D eigenvalue weighted by Crippen LogP contribution is 2.66. The Morgan fingerprint density at radius 2 is 1.65 bits per heavy atom. The zero-order valence-electron chi connectivity index (χ0n) is 12.6. The van der Waals surface area contributed by atoms with Crippen LogP contribution in [-0.4, -0.2) is 17.5 Å². The first-order valence-electron chi connectivity index (χ1n) is 7.22. The average Bonchev–Trinajstić information content (AvgIpc) is 2.80. The first-order chi connectivity index (χ1) is 9.30. The Morgan fingerprint density at radius 3 is 2.00 bits per heavy atom. The Labute approximate surface area is 121 Å². The van der Waals surface area contributed by atoms with Gasteiger partial charge in [-0.15, -0.1) is 0 Å². The van der Waals surface area contributed by atoms with E-state index in [1.54, 1.807) is 12.1 Å². The molecule has 1 aromatic rings. The van der Waals surface area contributed by atoms with Gasteiger partial charge in [-0.25, -0.2) is 0 Å². The molecule has 0 spiro atoms. The zero-order chi connectivity index (χ0) is 14.8. The zero-order valence-corrected chi connectivity index (χ0v) is 12.6. The minimum atomic E-state index is -0.0249. The van der Waals surface area contributed by atoms with E-state index in [0.29, 0.717) is 5.75 Å². The van der Waals surface area contributed by atoms with E-state index >= 15 is 0 Å². The molecule has 2 bridgehead atoms. The molecule has 0 aromatic heterocycles. The molecule has 1 N–H and O–H groups in total. The van der Waals surface area contributed by atoms with E-state index in [1.165, 1.54) is 44.7 Å². The van der Waals surface area contributed by atoms with E-state index in [4.69, 9.17) is 9.84 Å². The average molecular weight is 276 g/mol. The van der Waals surface area contributed by atoms with Crippen LogP contribution < -0.4 is 4.74 Å². The number of aromatic hydroxyl groups is 1. The molecule has 20 heavy (non-hydrogen) atoms. The molecule has 3 aliphatic rings. The Kier molecular flexibility index (Phi) is 4.07. The van der Waals surface area contributed by atoms with Gasteiger partial charge in [-0.3, -0.25) is 4.79 Å². The van der Waals surface area contributed by atoms with Crippen LogP contribution in [0.4, 0.5) is 0 Å². The summed E-state index contributed by atoms with van der Waals surface area (Å²) in [5.41, 5.74) is 1.60. The van der Waals surface area contributed by atoms with Gasteiger partial charge in [-0.2, -0.15) is 0 Å². The largest absolute Gasteiger partial charge is 0.508 e. The fraction of sp³-hybridized carbons (Fsp3) is 0.588. The molecule has 0 saturated heterocycles. The van der Waals surface area contributed by atoms with Crippen molar-refractivity contribution in [3.63, 3.8) is 0 Å². The Bertz CT molecular complexity index is 456. The molecule has 3 nitrogen and oxygen atoms in total. The number of rotatable bonds is 3. The van der Waals surface area contributed by atoms with Gasteiger partial charge < -0.3 is 9.84 Å². The topological polar surface area (TPSA) is 46.5 Å². The van der Waals surface area contributed by atoms with E-state index in [9.17, 15) is 4.79 Å². The number of carbonyl (C=O) groups excluding carboxylic acids is 1. The first-order valence-corrected chi connectivity index (χ1v) is 7.22. The van der Waals surface area contributed by atoms with Crippen molar-refractivity contribution in [1.29, 1.82) is 0 Å². The van der Waals surface area contributed by atoms with Crippen LogP contribution in [0.25, 0.3) is 0 Å². The number of Topliss-reactive ketones (excluding diaryl/α,β-unsaturated/α-hetero) is 1. The van der Waals surface area contributed by atoms with Crippen LogP contribution in [0.1, 0.15) is 46.5 Å². The summed E-state index contributed by atoms with van der Waals surface area (Å²) in [5.74, 6) is 0.747. The van der Waals surface area contributed by atoms with Crippen molar-refractivity contribution in [3.05, 3.63) is 24.3 Å². The van der Waals surface area contributed by atoms with Gasteiger partial charge in [0.2, 0.25) is 0 Å². The van der Waals surface area contributed by atoms with E-state index < -0.39 is 0 Å². The fourth-order valence-corrected chi connectivity index (χ4v) is 3.69. The number of fused-ring (bicyclic) bond motifs is 1. The van der Waals surface area contributed by atoms with Crippen molar-refractivity contribution in [2.75, 3.05) is 6.61 Å². The lowest BCUT2D eigenvalue weighted by molar-refractivity contribution is -0.118. The summed E-state index contributed by atoms with van der Waals surface area (Å²) >= 11 is 0. The van der Waals surface area contributed by atoms with Crippen molar-refractivity contribution < 1.29 is 14.6 Å². The highest BCUT2D eigenvalue weighted by Gasteiger charge is 2.54. The maximum Gasteiger partial charge on any atom is 0.167 e. The number of hydrogen-bond donors (Lipinski definition) is 1. The number of benzene rings is 1. The summed E-state index contributed by atoms with van der Waals surface area (Å²) in [6.45, 7) is 6.40. The maximum atomic E-state index is 10.5. The Balaban J connectivity index is 0.000000157.